The van der Waals surface area contributed by atoms with Gasteiger partial charge in [0.05, 0.1) is 24.1 Å². The van der Waals surface area contributed by atoms with Gasteiger partial charge in [-0.15, -0.1) is 0 Å². The third-order valence-corrected chi connectivity index (χ3v) is 8.96. The van der Waals surface area contributed by atoms with E-state index in [0.29, 0.717) is 31.2 Å². The molecule has 2 N–H and O–H groups in total. The first-order chi connectivity index (χ1) is 17.8. The summed E-state index contributed by atoms with van der Waals surface area (Å²) < 4.78 is 14.6. The van der Waals surface area contributed by atoms with Gasteiger partial charge in [-0.25, -0.2) is 4.39 Å². The van der Waals surface area contributed by atoms with Crippen LogP contribution in [0.4, 0.5) is 4.39 Å². The number of hydrogen-bond donors (Lipinski definition) is 2. The van der Waals surface area contributed by atoms with Gasteiger partial charge >= 0.3 is 0 Å². The Balaban J connectivity index is 1.13. The number of aliphatic hydroxyl groups excluding tert-OH is 1. The maximum atomic E-state index is 14.6. The maximum absolute atomic E-state index is 14.6. The zero-order valence-electron chi connectivity index (χ0n) is 21.2. The molecule has 0 bridgehead atoms. The van der Waals surface area contributed by atoms with Gasteiger partial charge < -0.3 is 14.9 Å². The van der Waals surface area contributed by atoms with Crippen molar-refractivity contribution in [2.45, 2.75) is 31.4 Å². The number of likely N-dealkylation sites (N-methyl/N-ethyl adjacent to an activating group) is 2. The number of halogens is 1. The van der Waals surface area contributed by atoms with Crippen molar-refractivity contribution < 1.29 is 14.3 Å². The predicted octanol–water partition coefficient (Wildman–Crippen LogP) is 2.56. The summed E-state index contributed by atoms with van der Waals surface area (Å²) in [5.74, 6) is 0.829. The molecule has 7 rings (SSSR count). The molecule has 6 aliphatic rings. The van der Waals surface area contributed by atoms with E-state index < -0.39 is 0 Å². The van der Waals surface area contributed by atoms with Crippen molar-refractivity contribution in [3.8, 4) is 0 Å². The van der Waals surface area contributed by atoms with Crippen LogP contribution in [0.3, 0.4) is 0 Å². The van der Waals surface area contributed by atoms with Gasteiger partial charge in [0.2, 0.25) is 5.91 Å². The molecular weight excluding hydrogens is 469 g/mol. The second-order valence-electron chi connectivity index (χ2n) is 11.5. The van der Waals surface area contributed by atoms with E-state index in [0.717, 1.165) is 59.7 Å². The van der Waals surface area contributed by atoms with Crippen LogP contribution in [0.2, 0.25) is 0 Å². The predicted molar refractivity (Wildman–Crippen MR) is 141 cm³/mol. The molecule has 0 radical (unpaired) electrons. The summed E-state index contributed by atoms with van der Waals surface area (Å²) in [6.45, 7) is 3.02. The Hall–Kier alpha value is -3.23. The average Bonchev–Trinajstić information content (AvgIpc) is 3.50. The summed E-state index contributed by atoms with van der Waals surface area (Å²) in [5, 5.41) is 14.3. The van der Waals surface area contributed by atoms with E-state index in [9.17, 15) is 14.3 Å². The van der Waals surface area contributed by atoms with Gasteiger partial charge in [0.25, 0.3) is 0 Å². The lowest BCUT2D eigenvalue weighted by Gasteiger charge is -2.39. The SMILES string of the molecule is CN1C=C2C(=C(C3=CC4CN(CC(=O)N(C)C5CC(O)C5)CC4C3)C1)NN=C1C=Cc3cc(F)cc2c31. The first kappa shape index (κ1) is 22.9. The quantitative estimate of drug-likeness (QED) is 0.664. The van der Waals surface area contributed by atoms with Crippen LogP contribution in [-0.2, 0) is 4.79 Å². The van der Waals surface area contributed by atoms with Crippen molar-refractivity contribution in [2.24, 2.45) is 16.9 Å². The average molecular weight is 502 g/mol. The summed E-state index contributed by atoms with van der Waals surface area (Å²) in [6.07, 6.45) is 10.5. The number of hydrogen-bond acceptors (Lipinski definition) is 6. The topological polar surface area (TPSA) is 71.4 Å². The fourth-order valence-corrected chi connectivity index (χ4v) is 6.87. The minimum Gasteiger partial charge on any atom is -0.393 e. The van der Waals surface area contributed by atoms with Gasteiger partial charge in [-0.2, -0.15) is 5.10 Å². The third-order valence-electron chi connectivity index (χ3n) is 8.96. The monoisotopic (exact) mass is 501 g/mol. The van der Waals surface area contributed by atoms with Crippen LogP contribution in [-0.4, -0.2) is 83.8 Å². The normalized spacial score (nSPS) is 29.5. The molecule has 0 aromatic heterocycles. The number of hydrazone groups is 1. The number of amides is 1. The van der Waals surface area contributed by atoms with Crippen molar-refractivity contribution in [1.82, 2.24) is 20.1 Å². The number of nitrogens with one attached hydrogen (secondary N) is 1. The van der Waals surface area contributed by atoms with Crippen LogP contribution >= 0.6 is 0 Å². The third kappa shape index (κ3) is 3.77. The Morgan fingerprint density at radius 2 is 2.11 bits per heavy atom. The van der Waals surface area contributed by atoms with Crippen LogP contribution in [0.1, 0.15) is 36.0 Å². The molecule has 3 aliphatic heterocycles. The minimum absolute atomic E-state index is 0.145. The van der Waals surface area contributed by atoms with Crippen molar-refractivity contribution in [1.29, 1.82) is 0 Å². The summed E-state index contributed by atoms with van der Waals surface area (Å²) in [6, 6.07) is 3.38. The molecule has 8 heteroatoms. The number of rotatable bonds is 4. The number of allylic oxidation sites excluding steroid dienone is 2. The largest absolute Gasteiger partial charge is 0.393 e. The summed E-state index contributed by atoms with van der Waals surface area (Å²) in [7, 11) is 3.93. The lowest BCUT2D eigenvalue weighted by molar-refractivity contribution is -0.136. The Morgan fingerprint density at radius 3 is 2.89 bits per heavy atom. The van der Waals surface area contributed by atoms with Crippen LogP contribution in [0.25, 0.3) is 11.6 Å². The van der Waals surface area contributed by atoms with Gasteiger partial charge in [0.15, 0.2) is 0 Å². The van der Waals surface area contributed by atoms with Crippen molar-refractivity contribution in [3.63, 3.8) is 0 Å². The summed E-state index contributed by atoms with van der Waals surface area (Å²) >= 11 is 0. The van der Waals surface area contributed by atoms with E-state index in [1.165, 1.54) is 11.1 Å². The van der Waals surface area contributed by atoms with E-state index in [1.807, 2.05) is 24.1 Å². The van der Waals surface area contributed by atoms with Crippen LogP contribution in [0.15, 0.2) is 52.4 Å². The first-order valence-corrected chi connectivity index (χ1v) is 13.2. The molecule has 3 aliphatic carbocycles. The molecule has 1 aromatic rings. The molecule has 1 saturated carbocycles. The van der Waals surface area contributed by atoms with E-state index in [1.54, 1.807) is 12.1 Å². The van der Waals surface area contributed by atoms with Crippen molar-refractivity contribution in [3.05, 3.63) is 69.8 Å². The van der Waals surface area contributed by atoms with Gasteiger partial charge in [-0.3, -0.25) is 15.1 Å². The lowest BCUT2D eigenvalue weighted by Crippen LogP contribution is -2.50. The van der Waals surface area contributed by atoms with Crippen molar-refractivity contribution in [2.75, 3.05) is 40.3 Å². The molecule has 0 spiro atoms. The highest BCUT2D eigenvalue weighted by atomic mass is 19.1. The molecule has 37 heavy (non-hydrogen) atoms. The fourth-order valence-electron chi connectivity index (χ4n) is 6.87. The molecule has 7 nitrogen and oxygen atoms in total. The van der Waals surface area contributed by atoms with Crippen LogP contribution in [0.5, 0.6) is 0 Å². The summed E-state index contributed by atoms with van der Waals surface area (Å²) in [4.78, 5) is 19.1. The molecule has 1 amide bonds. The standard InChI is InChI=1S/C29H32FN5O2/c1-33-13-24(29-25(14-33)23-8-20(30)7-16-3-4-26(28(16)23)31-32-29)17-5-18-11-35(12-19(18)6-17)15-27(37)34(2)21-9-22(36)10-21/h3-5,7-8,14,18-19,21-22,32,36H,6,9-13,15H2,1-2H3. The van der Waals surface area contributed by atoms with E-state index in [-0.39, 0.29) is 23.9 Å². The molecular formula is C29H32FN5O2. The fraction of sp³-hybridized carbons (Fsp3) is 0.448. The van der Waals surface area contributed by atoms with Crippen LogP contribution < -0.4 is 5.43 Å². The molecule has 3 heterocycles. The Labute approximate surface area is 216 Å². The lowest BCUT2D eigenvalue weighted by atomic mass is 9.88. The zero-order chi connectivity index (χ0) is 25.4. The summed E-state index contributed by atoms with van der Waals surface area (Å²) in [5.41, 5.74) is 11.5. The maximum Gasteiger partial charge on any atom is 0.236 e. The Kier molecular flexibility index (Phi) is 5.20. The van der Waals surface area contributed by atoms with E-state index >= 15 is 0 Å². The molecule has 2 unspecified atom stereocenters. The van der Waals surface area contributed by atoms with Gasteiger partial charge in [0.1, 0.15) is 5.82 Å². The highest BCUT2D eigenvalue weighted by Crippen LogP contribution is 2.44. The second-order valence-corrected chi connectivity index (χ2v) is 11.5. The Bertz CT molecular complexity index is 1350. The zero-order valence-corrected chi connectivity index (χ0v) is 21.2. The van der Waals surface area contributed by atoms with Gasteiger partial charge in [0, 0.05) is 57.1 Å². The van der Waals surface area contributed by atoms with Crippen molar-refractivity contribution >= 4 is 23.3 Å². The minimum atomic E-state index is -0.256. The Morgan fingerprint density at radius 1 is 1.27 bits per heavy atom. The number of carbonyl (C=O) groups excluding carboxylic acids is 1. The molecule has 2 atom stereocenters. The molecule has 1 saturated heterocycles. The molecule has 1 aromatic carbocycles. The smallest absolute Gasteiger partial charge is 0.236 e. The highest BCUT2D eigenvalue weighted by molar-refractivity contribution is 6.20. The molecule has 192 valence electrons. The number of fused-ring (bicyclic) bond motifs is 3. The first-order valence-electron chi connectivity index (χ1n) is 13.2. The second kappa shape index (κ2) is 8.39. The molecule has 2 fully saturated rings. The van der Waals surface area contributed by atoms with Crippen LogP contribution in [0, 0.1) is 17.7 Å². The van der Waals surface area contributed by atoms with Gasteiger partial charge in [-0.1, -0.05) is 12.2 Å². The number of carbonyl (C=O) groups is 1. The van der Waals surface area contributed by atoms with E-state index in [2.05, 4.69) is 34.5 Å². The number of nitrogens with zero attached hydrogens (tertiary/aromatic N) is 4. The highest BCUT2D eigenvalue weighted by Gasteiger charge is 2.40. The number of aliphatic hydroxyl groups is 1. The number of likely N-dealkylation sites (tertiary alicyclic amines) is 1. The number of benzene rings is 1. The van der Waals surface area contributed by atoms with Gasteiger partial charge in [-0.05, 0) is 71.6 Å². The van der Waals surface area contributed by atoms with E-state index in [4.69, 9.17) is 5.10 Å².